The number of benzene rings is 1. The summed E-state index contributed by atoms with van der Waals surface area (Å²) in [5, 5.41) is 8.14. The number of para-hydroxylation sites is 1. The fourth-order valence-corrected chi connectivity index (χ4v) is 7.51. The van der Waals surface area contributed by atoms with Crippen molar-refractivity contribution in [2.24, 2.45) is 0 Å². The van der Waals surface area contributed by atoms with E-state index < -0.39 is 5.60 Å². The first-order chi connectivity index (χ1) is 18.7. The Labute approximate surface area is 239 Å². The molecule has 1 aliphatic rings. The minimum atomic E-state index is -0.577. The van der Waals surface area contributed by atoms with Crippen molar-refractivity contribution >= 4 is 49.9 Å². The first-order valence-corrected chi connectivity index (χ1v) is 15.3. The second kappa shape index (κ2) is 12.8. The number of methoxy groups -OCH3 is 1. The van der Waals surface area contributed by atoms with Crippen molar-refractivity contribution < 1.29 is 19.1 Å². The van der Waals surface area contributed by atoms with Crippen LogP contribution < -0.4 is 10.6 Å². The van der Waals surface area contributed by atoms with Gasteiger partial charge in [0.1, 0.15) is 15.6 Å². The Bertz CT molecular complexity index is 1260. The number of nitrogens with zero attached hydrogens (tertiary/aromatic N) is 2. The highest BCUT2D eigenvalue weighted by atomic mass is 32.1. The van der Waals surface area contributed by atoms with Gasteiger partial charge in [-0.05, 0) is 57.7 Å². The maximum atomic E-state index is 13.4. The molecule has 0 radical (unpaired) electrons. The van der Waals surface area contributed by atoms with Crippen molar-refractivity contribution in [2.45, 2.75) is 78.0 Å². The molecule has 1 aliphatic heterocycles. The summed E-state index contributed by atoms with van der Waals surface area (Å²) >= 11 is 3.21. The van der Waals surface area contributed by atoms with E-state index in [9.17, 15) is 9.59 Å². The zero-order chi connectivity index (χ0) is 28.2. The van der Waals surface area contributed by atoms with Crippen molar-refractivity contribution in [1.29, 1.82) is 0 Å². The predicted molar refractivity (Wildman–Crippen MR) is 160 cm³/mol. The molecule has 8 nitrogen and oxygen atoms in total. The second-order valence-electron chi connectivity index (χ2n) is 10.8. The number of thiophene rings is 1. The van der Waals surface area contributed by atoms with E-state index in [0.29, 0.717) is 32.5 Å². The molecule has 0 bridgehead atoms. The van der Waals surface area contributed by atoms with Crippen molar-refractivity contribution in [3.8, 4) is 10.6 Å². The lowest BCUT2D eigenvalue weighted by Crippen LogP contribution is -2.48. The topological polar surface area (TPSA) is 92.8 Å². The molecule has 2 unspecified atom stereocenters. The van der Waals surface area contributed by atoms with Crippen LogP contribution in [-0.2, 0) is 20.7 Å². The van der Waals surface area contributed by atoms with Crippen molar-refractivity contribution in [3.05, 3.63) is 34.7 Å². The fraction of sp³-hybridized carbons (Fsp3) is 0.552. The number of hydrogen-bond donors (Lipinski definition) is 2. The number of carbonyl (C=O) groups is 2. The number of hydrogen-bond acceptors (Lipinski definition) is 8. The van der Waals surface area contributed by atoms with E-state index in [-0.39, 0.29) is 24.1 Å². The highest BCUT2D eigenvalue weighted by Gasteiger charge is 2.41. The molecule has 2 N–H and O–H groups in total. The van der Waals surface area contributed by atoms with E-state index in [1.54, 1.807) is 29.8 Å². The van der Waals surface area contributed by atoms with E-state index in [1.807, 2.05) is 43.9 Å². The molecule has 4 rings (SSSR count). The lowest BCUT2D eigenvalue weighted by Gasteiger charge is -2.42. The Kier molecular flexibility index (Phi) is 9.64. The van der Waals surface area contributed by atoms with Gasteiger partial charge in [0.25, 0.3) is 0 Å². The monoisotopic (exact) mass is 572 g/mol. The van der Waals surface area contributed by atoms with Gasteiger partial charge in [-0.15, -0.1) is 22.7 Å². The van der Waals surface area contributed by atoms with Crippen LogP contribution >= 0.6 is 22.7 Å². The summed E-state index contributed by atoms with van der Waals surface area (Å²) in [6, 6.07) is 7.97. The van der Waals surface area contributed by atoms with Gasteiger partial charge >= 0.3 is 6.09 Å². The normalized spacial score (nSPS) is 17.3. The number of aromatic nitrogens is 1. The largest absolute Gasteiger partial charge is 0.444 e. The molecule has 212 valence electrons. The van der Waals surface area contributed by atoms with Crippen molar-refractivity contribution in [2.75, 3.05) is 32.1 Å². The van der Waals surface area contributed by atoms with Gasteiger partial charge in [-0.1, -0.05) is 26.0 Å². The van der Waals surface area contributed by atoms with Crippen LogP contribution in [0.2, 0.25) is 0 Å². The number of anilines is 1. The Morgan fingerprint density at radius 3 is 2.56 bits per heavy atom. The molecule has 1 aromatic carbocycles. The number of amides is 2. The number of thiazole rings is 1. The quantitative estimate of drug-likeness (QED) is 0.266. The number of ether oxygens (including phenoxy) is 2. The first-order valence-electron chi connectivity index (χ1n) is 13.7. The summed E-state index contributed by atoms with van der Waals surface area (Å²) in [6.07, 6.45) is 2.32. The maximum Gasteiger partial charge on any atom is 0.411 e. The van der Waals surface area contributed by atoms with Gasteiger partial charge < -0.3 is 20.1 Å². The lowest BCUT2D eigenvalue weighted by atomic mass is 9.90. The van der Waals surface area contributed by atoms with Gasteiger partial charge in [0.05, 0.1) is 22.9 Å². The summed E-state index contributed by atoms with van der Waals surface area (Å²) in [4.78, 5) is 34.5. The third-order valence-electron chi connectivity index (χ3n) is 6.74. The minimum Gasteiger partial charge on any atom is -0.444 e. The Morgan fingerprint density at radius 1 is 1.13 bits per heavy atom. The molecule has 2 amide bonds. The lowest BCUT2D eigenvalue weighted by molar-refractivity contribution is -0.116. The molecule has 3 aromatic rings. The van der Waals surface area contributed by atoms with Gasteiger partial charge in [0.15, 0.2) is 0 Å². The zero-order valence-corrected chi connectivity index (χ0v) is 25.4. The van der Waals surface area contributed by atoms with Gasteiger partial charge in [-0.3, -0.25) is 9.69 Å². The van der Waals surface area contributed by atoms with Crippen LogP contribution in [0.15, 0.2) is 24.3 Å². The number of carbonyl (C=O) groups excluding carboxylic acids is 2. The third-order valence-corrected chi connectivity index (χ3v) is 9.05. The van der Waals surface area contributed by atoms with Gasteiger partial charge in [0, 0.05) is 43.1 Å². The van der Waals surface area contributed by atoms with Crippen LogP contribution in [0.1, 0.15) is 70.4 Å². The number of nitrogens with one attached hydrogen (secondary N) is 2. The average molecular weight is 573 g/mol. The molecule has 0 saturated carbocycles. The van der Waals surface area contributed by atoms with E-state index >= 15 is 0 Å². The molecule has 0 saturated heterocycles. The Morgan fingerprint density at radius 2 is 1.90 bits per heavy atom. The molecule has 0 spiro atoms. The Hall–Kier alpha value is -2.53. The third kappa shape index (κ3) is 6.80. The van der Waals surface area contributed by atoms with Crippen LogP contribution in [0.25, 0.3) is 20.8 Å². The fourth-order valence-electron chi connectivity index (χ4n) is 4.97. The predicted octanol–water partition coefficient (Wildman–Crippen LogP) is 6.61. The van der Waals surface area contributed by atoms with E-state index in [4.69, 9.17) is 14.5 Å². The standard InChI is InChI=1S/C29H40N4O4S2/c1-7-18-17-19-24(26-31-20-11-9-10-12-22(20)38-26)27(32-23(34)13-14-30-15-16-36-6)39-25(19)21(8-2)33(18)28(35)37-29(3,4)5/h9-12,18,21,30H,7-8,13-17H2,1-6H3,(H,32,34). The number of rotatable bonds is 10. The molecular weight excluding hydrogens is 532 g/mol. The van der Waals surface area contributed by atoms with Gasteiger partial charge in [0.2, 0.25) is 5.91 Å². The number of fused-ring (bicyclic) bond motifs is 2. The summed E-state index contributed by atoms with van der Waals surface area (Å²) in [5.74, 6) is -0.0510. The van der Waals surface area contributed by atoms with Gasteiger partial charge in [-0.2, -0.15) is 0 Å². The highest BCUT2D eigenvalue weighted by Crippen LogP contribution is 2.51. The van der Waals surface area contributed by atoms with Gasteiger partial charge in [-0.25, -0.2) is 9.78 Å². The molecule has 2 atom stereocenters. The molecule has 3 heterocycles. The van der Waals surface area contributed by atoms with Crippen molar-refractivity contribution in [3.63, 3.8) is 0 Å². The summed E-state index contributed by atoms with van der Waals surface area (Å²) < 4.78 is 12.0. The Balaban J connectivity index is 1.74. The van der Waals surface area contributed by atoms with Crippen LogP contribution in [0.5, 0.6) is 0 Å². The molecule has 39 heavy (non-hydrogen) atoms. The second-order valence-corrected chi connectivity index (χ2v) is 12.8. The molecule has 10 heteroatoms. The molecule has 0 fully saturated rings. The summed E-state index contributed by atoms with van der Waals surface area (Å²) in [6.45, 7) is 11.8. The zero-order valence-electron chi connectivity index (χ0n) is 23.8. The SMILES string of the molecule is CCC1Cc2c(sc(NC(=O)CCNCCOC)c2-c2nc3ccccc3s2)C(CC)N1C(=O)OC(C)(C)C. The van der Waals surface area contributed by atoms with Crippen LogP contribution in [0, 0.1) is 0 Å². The van der Waals surface area contributed by atoms with E-state index in [1.165, 1.54) is 5.56 Å². The summed E-state index contributed by atoms with van der Waals surface area (Å²) in [5.41, 5.74) is 2.55. The maximum absolute atomic E-state index is 13.4. The first kappa shape index (κ1) is 29.5. The average Bonchev–Trinajstić information content (AvgIpc) is 3.46. The smallest absolute Gasteiger partial charge is 0.411 e. The summed E-state index contributed by atoms with van der Waals surface area (Å²) in [7, 11) is 1.66. The van der Waals surface area contributed by atoms with Crippen LogP contribution in [0.4, 0.5) is 9.80 Å². The molecule has 0 aliphatic carbocycles. The van der Waals surface area contributed by atoms with Crippen LogP contribution in [0.3, 0.4) is 0 Å². The molecule has 2 aromatic heterocycles. The highest BCUT2D eigenvalue weighted by molar-refractivity contribution is 7.23. The minimum absolute atomic E-state index is 0.00596. The molecular formula is C29H40N4O4S2. The van der Waals surface area contributed by atoms with E-state index in [2.05, 4.69) is 30.5 Å². The van der Waals surface area contributed by atoms with E-state index in [0.717, 1.165) is 43.5 Å². The van der Waals surface area contributed by atoms with Crippen molar-refractivity contribution in [1.82, 2.24) is 15.2 Å². The van der Waals surface area contributed by atoms with Crippen LogP contribution in [-0.4, -0.2) is 60.3 Å².